The summed E-state index contributed by atoms with van der Waals surface area (Å²) in [7, 11) is 0. The Hall–Kier alpha value is -4.12. The maximum atomic E-state index is 12.6. The van der Waals surface area contributed by atoms with Crippen LogP contribution >= 0.6 is 11.8 Å². The molecule has 0 bridgehead atoms. The van der Waals surface area contributed by atoms with Gasteiger partial charge in [0.15, 0.2) is 0 Å². The van der Waals surface area contributed by atoms with Crippen LogP contribution in [-0.4, -0.2) is 61.2 Å². The van der Waals surface area contributed by atoms with Gasteiger partial charge in [-0.25, -0.2) is 0 Å². The van der Waals surface area contributed by atoms with E-state index in [0.29, 0.717) is 23.7 Å². The molecule has 5 atom stereocenters. The van der Waals surface area contributed by atoms with E-state index < -0.39 is 11.9 Å². The molecule has 234 valence electrons. The Labute approximate surface area is 261 Å². The van der Waals surface area contributed by atoms with Crippen molar-refractivity contribution in [2.45, 2.75) is 70.7 Å². The fraction of sp³-hybridized carbons (Fsp3) is 0.424. The van der Waals surface area contributed by atoms with Crippen molar-refractivity contribution in [3.63, 3.8) is 0 Å². The Kier molecular flexibility index (Phi) is 8.88. The van der Waals surface area contributed by atoms with E-state index in [2.05, 4.69) is 27.5 Å². The van der Waals surface area contributed by atoms with Crippen LogP contribution in [0.25, 0.3) is 12.2 Å². The summed E-state index contributed by atoms with van der Waals surface area (Å²) in [6.07, 6.45) is 7.95. The lowest BCUT2D eigenvalue weighted by Crippen LogP contribution is -2.36. The van der Waals surface area contributed by atoms with Crippen LogP contribution in [0.5, 0.6) is 0 Å². The first kappa shape index (κ1) is 31.3. The highest BCUT2D eigenvalue weighted by Crippen LogP contribution is 2.46. The Morgan fingerprint density at radius 3 is 2.36 bits per heavy atom. The minimum Gasteiger partial charge on any atom is -0.481 e. The van der Waals surface area contributed by atoms with Gasteiger partial charge in [-0.1, -0.05) is 19.6 Å². The lowest BCUT2D eigenvalue weighted by Gasteiger charge is -2.20. The van der Waals surface area contributed by atoms with Gasteiger partial charge in [0.05, 0.1) is 6.04 Å². The summed E-state index contributed by atoms with van der Waals surface area (Å²) in [4.78, 5) is 40.0. The lowest BCUT2D eigenvalue weighted by molar-refractivity contribution is -0.137. The third kappa shape index (κ3) is 6.24. The molecule has 1 aromatic heterocycles. The highest BCUT2D eigenvalue weighted by molar-refractivity contribution is 8.06. The molecular formula is C33H40N4O6S. The molecule has 0 spiro atoms. The number of aromatic amines is 1. The van der Waals surface area contributed by atoms with Gasteiger partial charge < -0.3 is 36.3 Å². The molecule has 0 aromatic carbocycles. The molecule has 2 amide bonds. The number of thioether (sulfide) groups is 1. The van der Waals surface area contributed by atoms with Crippen LogP contribution in [0, 0.1) is 18.8 Å². The van der Waals surface area contributed by atoms with Gasteiger partial charge in [0.2, 0.25) is 5.91 Å². The van der Waals surface area contributed by atoms with Crippen LogP contribution in [0.2, 0.25) is 0 Å². The van der Waals surface area contributed by atoms with Crippen molar-refractivity contribution >= 4 is 41.7 Å². The summed E-state index contributed by atoms with van der Waals surface area (Å²) in [5.41, 5.74) is 8.38. The van der Waals surface area contributed by atoms with Gasteiger partial charge in [-0.15, -0.1) is 0 Å². The molecule has 7 N–H and O–H groups in total. The van der Waals surface area contributed by atoms with E-state index in [0.717, 1.165) is 56.4 Å². The number of hydrogen-bond donors (Lipinski definition) is 7. The Morgan fingerprint density at radius 1 is 1.05 bits per heavy atom. The smallest absolute Gasteiger partial charge is 0.303 e. The van der Waals surface area contributed by atoms with Crippen molar-refractivity contribution in [3.8, 4) is 0 Å². The topological polar surface area (TPSA) is 164 Å². The lowest BCUT2D eigenvalue weighted by atomic mass is 9.91. The summed E-state index contributed by atoms with van der Waals surface area (Å²) in [6, 6.07) is -0.314. The SMILES string of the molecule is C=CC1=C(C)[C@@H](CC2N/C(=C\c3[nH]c(/C=C4\NC(=O)[C@H](C)[C@H]4[C@H]4CS4)c(C)c3CCC(=O)O)C(CC=C(O)O)=C2C)NC1=O. The number of allylic oxidation sites excluding steroid dienone is 3. The molecule has 0 radical (unpaired) electrons. The molecule has 2 saturated heterocycles. The second kappa shape index (κ2) is 12.5. The number of carboxylic acids is 1. The second-order valence-corrected chi connectivity index (χ2v) is 13.2. The molecular weight excluding hydrogens is 580 g/mol. The monoisotopic (exact) mass is 620 g/mol. The van der Waals surface area contributed by atoms with Gasteiger partial charge in [0.1, 0.15) is 0 Å². The molecule has 10 nitrogen and oxygen atoms in total. The maximum absolute atomic E-state index is 12.6. The summed E-state index contributed by atoms with van der Waals surface area (Å²) in [5, 5.41) is 38.6. The van der Waals surface area contributed by atoms with Gasteiger partial charge in [0.25, 0.3) is 11.9 Å². The highest BCUT2D eigenvalue weighted by atomic mass is 32.2. The molecule has 2 fully saturated rings. The summed E-state index contributed by atoms with van der Waals surface area (Å²) in [6.45, 7) is 11.6. The van der Waals surface area contributed by atoms with E-state index in [1.54, 1.807) is 6.08 Å². The summed E-state index contributed by atoms with van der Waals surface area (Å²) < 4.78 is 0. The number of nitrogens with one attached hydrogen (secondary N) is 4. The molecule has 0 saturated carbocycles. The van der Waals surface area contributed by atoms with E-state index in [1.807, 2.05) is 51.6 Å². The van der Waals surface area contributed by atoms with Crippen molar-refractivity contribution < 1.29 is 29.7 Å². The number of aliphatic carboxylic acids is 1. The van der Waals surface area contributed by atoms with E-state index in [9.17, 15) is 29.7 Å². The molecule has 0 aliphatic carbocycles. The Morgan fingerprint density at radius 2 is 1.75 bits per heavy atom. The number of hydrogen-bond acceptors (Lipinski definition) is 7. The predicted molar refractivity (Wildman–Crippen MR) is 172 cm³/mol. The van der Waals surface area contributed by atoms with Gasteiger partial charge in [0, 0.05) is 69.7 Å². The maximum Gasteiger partial charge on any atom is 0.303 e. The van der Waals surface area contributed by atoms with Crippen LogP contribution in [0.3, 0.4) is 0 Å². The Bertz CT molecular complexity index is 1570. The number of aromatic nitrogens is 1. The van der Waals surface area contributed by atoms with Crippen LogP contribution in [0.1, 0.15) is 62.5 Å². The zero-order chi connectivity index (χ0) is 31.9. The molecule has 44 heavy (non-hydrogen) atoms. The number of aliphatic hydroxyl groups excluding tert-OH is 1. The van der Waals surface area contributed by atoms with Crippen molar-refractivity contribution in [2.24, 2.45) is 11.8 Å². The number of aliphatic hydroxyl groups is 2. The van der Waals surface area contributed by atoms with Crippen molar-refractivity contribution in [1.29, 1.82) is 0 Å². The van der Waals surface area contributed by atoms with Crippen molar-refractivity contribution in [2.75, 3.05) is 5.75 Å². The van der Waals surface area contributed by atoms with Crippen LogP contribution < -0.4 is 16.0 Å². The number of carboxylic acid groups (broad SMARTS) is 1. The summed E-state index contributed by atoms with van der Waals surface area (Å²) in [5.74, 6) is -0.765. The second-order valence-electron chi connectivity index (χ2n) is 12.0. The van der Waals surface area contributed by atoms with E-state index in [-0.39, 0.29) is 48.6 Å². The first-order valence-corrected chi connectivity index (χ1v) is 15.9. The van der Waals surface area contributed by atoms with Crippen molar-refractivity contribution in [1.82, 2.24) is 20.9 Å². The van der Waals surface area contributed by atoms with Crippen LogP contribution in [-0.2, 0) is 20.8 Å². The number of carbonyl (C=O) groups excluding carboxylic acids is 2. The van der Waals surface area contributed by atoms with Gasteiger partial charge in [-0.05, 0) is 80.0 Å². The minimum absolute atomic E-state index is 0.0155. The molecule has 5 heterocycles. The van der Waals surface area contributed by atoms with Gasteiger partial charge in [-0.3, -0.25) is 14.4 Å². The average Bonchev–Trinajstić information content (AvgIpc) is 3.53. The number of carbonyl (C=O) groups is 3. The zero-order valence-electron chi connectivity index (χ0n) is 25.4. The zero-order valence-corrected chi connectivity index (χ0v) is 26.2. The molecule has 4 aliphatic rings. The van der Waals surface area contributed by atoms with Crippen LogP contribution in [0.4, 0.5) is 0 Å². The summed E-state index contributed by atoms with van der Waals surface area (Å²) >= 11 is 1.85. The third-order valence-electron chi connectivity index (χ3n) is 9.28. The fourth-order valence-electron chi connectivity index (χ4n) is 6.56. The van der Waals surface area contributed by atoms with E-state index in [4.69, 9.17) is 0 Å². The number of rotatable bonds is 11. The van der Waals surface area contributed by atoms with Gasteiger partial charge in [-0.2, -0.15) is 11.8 Å². The largest absolute Gasteiger partial charge is 0.481 e. The fourth-order valence-corrected chi connectivity index (χ4v) is 7.47. The molecule has 1 aromatic rings. The standard InChI is InChI=1S/C33H40N4O6S/c1-6-19-15(2)24(36-33(19)43)11-22-16(3)20(7-9-29(38)39)25(34-22)13-26-21(8-10-30(40)41)17(4)23(35-26)12-27-31(28-14-44-28)18(5)32(42)37-27/h6,9,12-13,18,22,24,28,31,34-35,38-39H,1,7-8,10-11,14H2,2-5H3,(H,36,43)(H,37,42)(H,40,41)/b25-13-,27-12-/t18-,22?,24-,28-,31-/m1/s1. The minimum atomic E-state index is -0.896. The normalized spacial score (nSPS) is 28.0. The molecule has 1 unspecified atom stereocenters. The third-order valence-corrected chi connectivity index (χ3v) is 10.3. The predicted octanol–water partition coefficient (Wildman–Crippen LogP) is 4.55. The first-order valence-electron chi connectivity index (χ1n) is 14.9. The van der Waals surface area contributed by atoms with E-state index in [1.165, 1.54) is 6.08 Å². The van der Waals surface area contributed by atoms with Crippen molar-refractivity contribution in [3.05, 3.63) is 80.9 Å². The van der Waals surface area contributed by atoms with E-state index >= 15 is 0 Å². The quantitative estimate of drug-likeness (QED) is 0.140. The molecule has 5 rings (SSSR count). The van der Waals surface area contributed by atoms with Crippen LogP contribution in [0.15, 0.2) is 58.4 Å². The molecule has 4 aliphatic heterocycles. The number of H-pyrrole nitrogens is 1. The highest BCUT2D eigenvalue weighted by Gasteiger charge is 2.45. The average molecular weight is 621 g/mol. The first-order chi connectivity index (χ1) is 20.9. The Balaban J connectivity index is 1.52. The number of amides is 2. The molecule has 11 heteroatoms. The van der Waals surface area contributed by atoms with Gasteiger partial charge >= 0.3 is 5.97 Å².